The van der Waals surface area contributed by atoms with E-state index in [1.165, 1.54) is 5.56 Å². The van der Waals surface area contributed by atoms with Gasteiger partial charge in [0.05, 0.1) is 16.7 Å². The zero-order valence-corrected chi connectivity index (χ0v) is 11.6. The second-order valence-electron chi connectivity index (χ2n) is 5.06. The van der Waals surface area contributed by atoms with Gasteiger partial charge in [-0.1, -0.05) is 12.1 Å². The van der Waals surface area contributed by atoms with Crippen LogP contribution in [0, 0.1) is 13.8 Å². The molecule has 0 unspecified atom stereocenters. The number of fused-ring (bicyclic) bond motifs is 1. The van der Waals surface area contributed by atoms with Crippen molar-refractivity contribution >= 4 is 16.7 Å². The highest BCUT2D eigenvalue weighted by molar-refractivity contribution is 5.81. The van der Waals surface area contributed by atoms with Gasteiger partial charge in [0.15, 0.2) is 0 Å². The molecular formula is C16H17N3O. The summed E-state index contributed by atoms with van der Waals surface area (Å²) in [7, 11) is 0. The number of imidazole rings is 1. The largest absolute Gasteiger partial charge is 0.399 e. The number of nitrogen functional groups attached to an aromatic ring is 1. The topological polar surface area (TPSA) is 64.1 Å². The monoisotopic (exact) mass is 267 g/mol. The summed E-state index contributed by atoms with van der Waals surface area (Å²) >= 11 is 0. The molecule has 20 heavy (non-hydrogen) atoms. The van der Waals surface area contributed by atoms with Gasteiger partial charge in [0.25, 0.3) is 0 Å². The van der Waals surface area contributed by atoms with E-state index in [0.717, 1.165) is 22.3 Å². The van der Waals surface area contributed by atoms with Crippen molar-refractivity contribution in [1.82, 2.24) is 9.55 Å². The first-order valence-electron chi connectivity index (χ1n) is 6.55. The SMILES string of the molecule is Cc1ccc(C)c(-n2c(CO)nc3cc(N)ccc32)c1. The number of rotatable bonds is 2. The van der Waals surface area contributed by atoms with E-state index in [9.17, 15) is 5.11 Å². The molecule has 4 nitrogen and oxygen atoms in total. The number of aliphatic hydroxyl groups is 1. The van der Waals surface area contributed by atoms with Gasteiger partial charge in [0, 0.05) is 5.69 Å². The van der Waals surface area contributed by atoms with Crippen molar-refractivity contribution < 1.29 is 5.11 Å². The van der Waals surface area contributed by atoms with Crippen LogP contribution in [0.2, 0.25) is 0 Å². The molecule has 0 radical (unpaired) electrons. The van der Waals surface area contributed by atoms with Crippen LogP contribution in [0.15, 0.2) is 36.4 Å². The Morgan fingerprint density at radius 3 is 2.70 bits per heavy atom. The molecule has 0 saturated carbocycles. The van der Waals surface area contributed by atoms with E-state index in [1.807, 2.05) is 22.8 Å². The van der Waals surface area contributed by atoms with Crippen LogP contribution in [0.25, 0.3) is 16.7 Å². The van der Waals surface area contributed by atoms with Crippen molar-refractivity contribution in [3.8, 4) is 5.69 Å². The van der Waals surface area contributed by atoms with Gasteiger partial charge in [-0.05, 0) is 49.2 Å². The number of aliphatic hydroxyl groups excluding tert-OH is 1. The third-order valence-corrected chi connectivity index (χ3v) is 3.49. The summed E-state index contributed by atoms with van der Waals surface area (Å²) in [5.74, 6) is 0.624. The molecule has 3 rings (SSSR count). The fourth-order valence-corrected chi connectivity index (χ4v) is 2.48. The van der Waals surface area contributed by atoms with Crippen molar-refractivity contribution in [3.63, 3.8) is 0 Å². The molecule has 1 aromatic heterocycles. The van der Waals surface area contributed by atoms with Gasteiger partial charge in [-0.3, -0.25) is 4.57 Å². The minimum Gasteiger partial charge on any atom is -0.399 e. The van der Waals surface area contributed by atoms with Crippen LogP contribution in [-0.2, 0) is 6.61 Å². The summed E-state index contributed by atoms with van der Waals surface area (Å²) in [5, 5.41) is 9.60. The third-order valence-electron chi connectivity index (χ3n) is 3.49. The molecule has 0 aliphatic heterocycles. The highest BCUT2D eigenvalue weighted by Crippen LogP contribution is 2.26. The van der Waals surface area contributed by atoms with Gasteiger partial charge in [-0.25, -0.2) is 4.98 Å². The number of aryl methyl sites for hydroxylation is 2. The van der Waals surface area contributed by atoms with Crippen LogP contribution in [0.4, 0.5) is 5.69 Å². The number of nitrogens with two attached hydrogens (primary N) is 1. The Morgan fingerprint density at radius 2 is 1.95 bits per heavy atom. The molecule has 102 valence electrons. The molecule has 0 saturated heterocycles. The number of hydrogen-bond donors (Lipinski definition) is 2. The van der Waals surface area contributed by atoms with Crippen LogP contribution < -0.4 is 5.73 Å². The van der Waals surface area contributed by atoms with Gasteiger partial charge in [-0.2, -0.15) is 0 Å². The van der Waals surface area contributed by atoms with Gasteiger partial charge < -0.3 is 10.8 Å². The lowest BCUT2D eigenvalue weighted by atomic mass is 10.1. The molecule has 4 heteroatoms. The van der Waals surface area contributed by atoms with Crippen LogP contribution in [0.1, 0.15) is 17.0 Å². The number of hydrogen-bond acceptors (Lipinski definition) is 3. The summed E-state index contributed by atoms with van der Waals surface area (Å²) in [6.45, 7) is 4.00. The Labute approximate surface area is 117 Å². The molecule has 2 aromatic carbocycles. The number of nitrogens with zero attached hydrogens (tertiary/aromatic N) is 2. The highest BCUT2D eigenvalue weighted by atomic mass is 16.3. The molecule has 3 N–H and O–H groups in total. The Kier molecular flexibility index (Phi) is 2.95. The molecule has 0 amide bonds. The van der Waals surface area contributed by atoms with Crippen molar-refractivity contribution in [3.05, 3.63) is 53.3 Å². The number of anilines is 1. The Morgan fingerprint density at radius 1 is 1.15 bits per heavy atom. The molecule has 0 bridgehead atoms. The number of aromatic nitrogens is 2. The lowest BCUT2D eigenvalue weighted by Crippen LogP contribution is -2.03. The molecule has 3 aromatic rings. The van der Waals surface area contributed by atoms with Crippen LogP contribution in [-0.4, -0.2) is 14.7 Å². The van der Waals surface area contributed by atoms with E-state index in [0.29, 0.717) is 11.5 Å². The predicted molar refractivity (Wildman–Crippen MR) is 80.9 cm³/mol. The molecule has 0 aliphatic rings. The zero-order valence-electron chi connectivity index (χ0n) is 11.6. The maximum atomic E-state index is 9.60. The van der Waals surface area contributed by atoms with Crippen molar-refractivity contribution in [2.24, 2.45) is 0 Å². The van der Waals surface area contributed by atoms with Crippen LogP contribution >= 0.6 is 0 Å². The van der Waals surface area contributed by atoms with E-state index in [2.05, 4.69) is 37.0 Å². The predicted octanol–water partition coefficient (Wildman–Crippen LogP) is 2.72. The Hall–Kier alpha value is -2.33. The minimum atomic E-state index is -0.109. The first-order valence-corrected chi connectivity index (χ1v) is 6.55. The smallest absolute Gasteiger partial charge is 0.140 e. The fraction of sp³-hybridized carbons (Fsp3) is 0.188. The molecule has 0 aliphatic carbocycles. The Bertz CT molecular complexity index is 790. The van der Waals surface area contributed by atoms with Gasteiger partial charge in [0.1, 0.15) is 12.4 Å². The van der Waals surface area contributed by atoms with E-state index in [4.69, 9.17) is 5.73 Å². The maximum Gasteiger partial charge on any atom is 0.140 e. The van der Waals surface area contributed by atoms with Gasteiger partial charge in [0.2, 0.25) is 0 Å². The average molecular weight is 267 g/mol. The van der Waals surface area contributed by atoms with Crippen LogP contribution in [0.5, 0.6) is 0 Å². The summed E-state index contributed by atoms with van der Waals surface area (Å²) in [4.78, 5) is 4.47. The summed E-state index contributed by atoms with van der Waals surface area (Å²) < 4.78 is 2.00. The summed E-state index contributed by atoms with van der Waals surface area (Å²) in [6, 6.07) is 11.9. The van der Waals surface area contributed by atoms with E-state index < -0.39 is 0 Å². The average Bonchev–Trinajstić information content (AvgIpc) is 2.78. The van der Waals surface area contributed by atoms with Crippen molar-refractivity contribution in [2.75, 3.05) is 5.73 Å². The first-order chi connectivity index (χ1) is 9.60. The zero-order chi connectivity index (χ0) is 14.3. The first kappa shape index (κ1) is 12.7. The van der Waals surface area contributed by atoms with E-state index in [-0.39, 0.29) is 6.61 Å². The van der Waals surface area contributed by atoms with Crippen molar-refractivity contribution in [1.29, 1.82) is 0 Å². The third kappa shape index (κ3) is 1.94. The molecule has 0 spiro atoms. The second kappa shape index (κ2) is 4.65. The highest BCUT2D eigenvalue weighted by Gasteiger charge is 2.13. The molecule has 1 heterocycles. The van der Waals surface area contributed by atoms with E-state index >= 15 is 0 Å². The van der Waals surface area contributed by atoms with E-state index in [1.54, 1.807) is 0 Å². The Balaban J connectivity index is 2.37. The van der Waals surface area contributed by atoms with Crippen LogP contribution in [0.3, 0.4) is 0 Å². The normalized spacial score (nSPS) is 11.2. The maximum absolute atomic E-state index is 9.60. The second-order valence-corrected chi connectivity index (χ2v) is 5.06. The summed E-state index contributed by atoms with van der Waals surface area (Å²) in [6.07, 6.45) is 0. The van der Waals surface area contributed by atoms with Crippen molar-refractivity contribution in [2.45, 2.75) is 20.5 Å². The standard InChI is InChI=1S/C16H17N3O/c1-10-3-4-11(2)15(7-10)19-14-6-5-12(17)8-13(14)18-16(19)9-20/h3-8,20H,9,17H2,1-2H3. The minimum absolute atomic E-state index is 0.109. The molecule has 0 fully saturated rings. The number of benzene rings is 2. The fourth-order valence-electron chi connectivity index (χ4n) is 2.48. The lowest BCUT2D eigenvalue weighted by molar-refractivity contribution is 0.270. The van der Waals surface area contributed by atoms with Gasteiger partial charge >= 0.3 is 0 Å². The molecule has 0 atom stereocenters. The molecular weight excluding hydrogens is 250 g/mol. The lowest BCUT2D eigenvalue weighted by Gasteiger charge is -2.12. The van der Waals surface area contributed by atoms with Gasteiger partial charge in [-0.15, -0.1) is 0 Å². The summed E-state index contributed by atoms with van der Waals surface area (Å²) in [5.41, 5.74) is 11.6. The quantitative estimate of drug-likeness (QED) is 0.702.